The number of pyridine rings is 1. The summed E-state index contributed by atoms with van der Waals surface area (Å²) in [5.41, 5.74) is 9.02. The Morgan fingerprint density at radius 3 is 2.54 bits per heavy atom. The summed E-state index contributed by atoms with van der Waals surface area (Å²) in [6.45, 7) is 4.38. The zero-order chi connectivity index (χ0) is 17.5. The number of hydrogen-bond acceptors (Lipinski definition) is 5. The monoisotopic (exact) mass is 341 g/mol. The lowest BCUT2D eigenvalue weighted by Gasteiger charge is -2.33. The summed E-state index contributed by atoms with van der Waals surface area (Å²) in [6, 6.07) is 9.65. The minimum absolute atomic E-state index is 0.334. The SMILES string of the molecule is COc1ccc(-n2c(N)c(C#N)c3c(c2=S)COC(C)(C)C3)cc1. The van der Waals surface area contributed by atoms with Crippen LogP contribution in [-0.4, -0.2) is 17.3 Å². The van der Waals surface area contributed by atoms with Gasteiger partial charge in [0.1, 0.15) is 22.3 Å². The highest BCUT2D eigenvalue weighted by Crippen LogP contribution is 2.34. The number of anilines is 1. The molecule has 0 spiro atoms. The van der Waals surface area contributed by atoms with Crippen molar-refractivity contribution in [3.05, 3.63) is 45.6 Å². The molecule has 0 fully saturated rings. The Kier molecular flexibility index (Phi) is 4.08. The molecule has 1 aliphatic rings. The number of nitrogens with two attached hydrogens (primary N) is 1. The molecule has 24 heavy (non-hydrogen) atoms. The van der Waals surface area contributed by atoms with E-state index in [4.69, 9.17) is 27.4 Å². The Morgan fingerprint density at radius 2 is 1.96 bits per heavy atom. The number of nitriles is 1. The van der Waals surface area contributed by atoms with Crippen LogP contribution in [0.1, 0.15) is 30.5 Å². The minimum Gasteiger partial charge on any atom is -0.497 e. The normalized spacial score (nSPS) is 15.4. The number of methoxy groups -OCH3 is 1. The molecule has 3 rings (SSSR count). The summed E-state index contributed by atoms with van der Waals surface area (Å²) in [5, 5.41) is 9.65. The maximum absolute atomic E-state index is 9.65. The lowest BCUT2D eigenvalue weighted by Crippen LogP contribution is -2.33. The maximum Gasteiger partial charge on any atom is 0.127 e. The third-order valence-electron chi connectivity index (χ3n) is 4.28. The van der Waals surface area contributed by atoms with Gasteiger partial charge in [-0.05, 0) is 43.7 Å². The van der Waals surface area contributed by atoms with E-state index in [1.165, 1.54) is 0 Å². The summed E-state index contributed by atoms with van der Waals surface area (Å²) >= 11 is 5.65. The van der Waals surface area contributed by atoms with Gasteiger partial charge in [0.2, 0.25) is 0 Å². The van der Waals surface area contributed by atoms with Gasteiger partial charge in [0, 0.05) is 17.7 Å². The number of ether oxygens (including phenoxy) is 2. The second kappa shape index (κ2) is 5.93. The zero-order valence-electron chi connectivity index (χ0n) is 13.9. The molecule has 124 valence electrons. The summed E-state index contributed by atoms with van der Waals surface area (Å²) in [5.74, 6) is 1.11. The first kappa shape index (κ1) is 16.5. The lowest BCUT2D eigenvalue weighted by atomic mass is 9.89. The van der Waals surface area contributed by atoms with Crippen molar-refractivity contribution in [2.24, 2.45) is 0 Å². The van der Waals surface area contributed by atoms with E-state index in [0.717, 1.165) is 22.6 Å². The van der Waals surface area contributed by atoms with Crippen molar-refractivity contribution >= 4 is 18.0 Å². The van der Waals surface area contributed by atoms with E-state index in [9.17, 15) is 5.26 Å². The Labute approximate surface area is 146 Å². The summed E-state index contributed by atoms with van der Waals surface area (Å²) in [7, 11) is 1.61. The van der Waals surface area contributed by atoms with Crippen LogP contribution in [-0.2, 0) is 17.8 Å². The highest BCUT2D eigenvalue weighted by atomic mass is 32.1. The van der Waals surface area contributed by atoms with E-state index < -0.39 is 0 Å². The fourth-order valence-corrected chi connectivity index (χ4v) is 3.38. The number of nitrogens with zero attached hydrogens (tertiary/aromatic N) is 2. The van der Waals surface area contributed by atoms with Gasteiger partial charge in [-0.3, -0.25) is 4.57 Å². The van der Waals surface area contributed by atoms with Crippen molar-refractivity contribution in [2.45, 2.75) is 32.5 Å². The molecule has 2 heterocycles. The Hall–Kier alpha value is -2.36. The van der Waals surface area contributed by atoms with E-state index in [-0.39, 0.29) is 5.60 Å². The van der Waals surface area contributed by atoms with Crippen molar-refractivity contribution in [1.82, 2.24) is 4.57 Å². The molecule has 1 aromatic carbocycles. The average molecular weight is 341 g/mol. The summed E-state index contributed by atoms with van der Waals surface area (Å²) in [6.07, 6.45) is 0.614. The molecule has 2 N–H and O–H groups in total. The molecule has 0 saturated heterocycles. The highest BCUT2D eigenvalue weighted by molar-refractivity contribution is 7.71. The largest absolute Gasteiger partial charge is 0.497 e. The average Bonchev–Trinajstić information content (AvgIpc) is 2.55. The van der Waals surface area contributed by atoms with Crippen molar-refractivity contribution in [1.29, 1.82) is 5.26 Å². The number of rotatable bonds is 2. The molecule has 0 radical (unpaired) electrons. The zero-order valence-corrected chi connectivity index (χ0v) is 14.7. The molecule has 0 unspecified atom stereocenters. The smallest absolute Gasteiger partial charge is 0.127 e. The molecule has 2 aromatic rings. The van der Waals surface area contributed by atoms with Crippen molar-refractivity contribution in [3.8, 4) is 17.5 Å². The second-order valence-corrected chi connectivity index (χ2v) is 6.78. The third kappa shape index (κ3) is 2.66. The molecule has 0 bridgehead atoms. The van der Waals surface area contributed by atoms with E-state index in [1.807, 2.05) is 38.1 Å². The first-order valence-electron chi connectivity index (χ1n) is 7.62. The van der Waals surface area contributed by atoms with Gasteiger partial charge in [-0.1, -0.05) is 12.2 Å². The minimum atomic E-state index is -0.334. The number of hydrogen-bond donors (Lipinski definition) is 1. The topological polar surface area (TPSA) is 73.2 Å². The summed E-state index contributed by atoms with van der Waals surface area (Å²) < 4.78 is 13.4. The molecular weight excluding hydrogens is 322 g/mol. The Bertz CT molecular complexity index is 892. The van der Waals surface area contributed by atoms with Gasteiger partial charge in [-0.25, -0.2) is 0 Å². The molecule has 5 nitrogen and oxygen atoms in total. The lowest BCUT2D eigenvalue weighted by molar-refractivity contribution is -0.0405. The quantitative estimate of drug-likeness (QED) is 0.846. The Balaban J connectivity index is 2.26. The van der Waals surface area contributed by atoms with Crippen molar-refractivity contribution < 1.29 is 9.47 Å². The van der Waals surface area contributed by atoms with Crippen LogP contribution < -0.4 is 10.5 Å². The van der Waals surface area contributed by atoms with E-state index >= 15 is 0 Å². The molecule has 0 amide bonds. The van der Waals surface area contributed by atoms with Crippen LogP contribution >= 0.6 is 12.2 Å². The van der Waals surface area contributed by atoms with Gasteiger partial charge >= 0.3 is 0 Å². The van der Waals surface area contributed by atoms with Crippen LogP contribution in [0.15, 0.2) is 24.3 Å². The maximum atomic E-state index is 9.65. The van der Waals surface area contributed by atoms with Crippen LogP contribution in [0.4, 0.5) is 5.82 Å². The van der Waals surface area contributed by atoms with E-state index in [0.29, 0.717) is 29.0 Å². The van der Waals surface area contributed by atoms with Crippen LogP contribution in [0.5, 0.6) is 5.75 Å². The van der Waals surface area contributed by atoms with Crippen molar-refractivity contribution in [2.75, 3.05) is 12.8 Å². The van der Waals surface area contributed by atoms with E-state index in [1.54, 1.807) is 11.7 Å². The van der Waals surface area contributed by atoms with Gasteiger partial charge < -0.3 is 15.2 Å². The predicted octanol–water partition coefficient (Wildman–Crippen LogP) is 3.52. The number of fused-ring (bicyclic) bond motifs is 1. The Morgan fingerprint density at radius 1 is 1.29 bits per heavy atom. The van der Waals surface area contributed by atoms with Crippen LogP contribution in [0, 0.1) is 16.0 Å². The fraction of sp³-hybridized carbons (Fsp3) is 0.333. The first-order chi connectivity index (χ1) is 11.4. The molecular formula is C18H19N3O2S. The molecule has 0 aliphatic carbocycles. The van der Waals surface area contributed by atoms with Gasteiger partial charge in [0.05, 0.1) is 24.9 Å². The van der Waals surface area contributed by atoms with Gasteiger partial charge in [0.15, 0.2) is 0 Å². The standard InChI is InChI=1S/C18H19N3O2S/c1-18(2)8-13-14(9-19)16(20)21(17(24)15(13)10-23-18)11-4-6-12(22-3)7-5-11/h4-7H,8,10,20H2,1-3H3. The number of nitrogen functional groups attached to an aromatic ring is 1. The molecule has 0 saturated carbocycles. The van der Waals surface area contributed by atoms with E-state index in [2.05, 4.69) is 6.07 Å². The number of aromatic nitrogens is 1. The van der Waals surface area contributed by atoms with Crippen LogP contribution in [0.25, 0.3) is 5.69 Å². The molecule has 6 heteroatoms. The van der Waals surface area contributed by atoms with Crippen LogP contribution in [0.3, 0.4) is 0 Å². The molecule has 1 aliphatic heterocycles. The van der Waals surface area contributed by atoms with Crippen molar-refractivity contribution in [3.63, 3.8) is 0 Å². The molecule has 1 aromatic heterocycles. The van der Waals surface area contributed by atoms with Gasteiger partial charge in [-0.2, -0.15) is 5.26 Å². The van der Waals surface area contributed by atoms with Gasteiger partial charge in [-0.15, -0.1) is 0 Å². The molecule has 0 atom stereocenters. The fourth-order valence-electron chi connectivity index (χ4n) is 2.99. The number of benzene rings is 1. The van der Waals surface area contributed by atoms with Gasteiger partial charge in [0.25, 0.3) is 0 Å². The third-order valence-corrected chi connectivity index (χ3v) is 4.71. The van der Waals surface area contributed by atoms with Crippen LogP contribution in [0.2, 0.25) is 0 Å². The second-order valence-electron chi connectivity index (χ2n) is 6.39. The summed E-state index contributed by atoms with van der Waals surface area (Å²) in [4.78, 5) is 0. The predicted molar refractivity (Wildman–Crippen MR) is 94.9 cm³/mol. The first-order valence-corrected chi connectivity index (χ1v) is 8.03. The highest BCUT2D eigenvalue weighted by Gasteiger charge is 2.31.